The van der Waals surface area contributed by atoms with Gasteiger partial charge in [-0.1, -0.05) is 13.8 Å². The first-order valence-corrected chi connectivity index (χ1v) is 4.98. The minimum absolute atomic E-state index is 0.0000236. The number of carbonyl (C=O) groups is 1. The zero-order valence-electron chi connectivity index (χ0n) is 10.3. The molecular weight excluding hydrogens is 201 g/mol. The molecule has 0 saturated carbocycles. The van der Waals surface area contributed by atoms with E-state index < -0.39 is 12.3 Å². The van der Waals surface area contributed by atoms with Crippen LogP contribution in [0, 0.1) is 0 Å². The van der Waals surface area contributed by atoms with Gasteiger partial charge in [-0.05, 0) is 14.0 Å². The molecule has 94 valence electrons. The molecule has 0 aliphatic rings. The number of halogens is 1. The molecule has 0 aromatic carbocycles. The van der Waals surface area contributed by atoms with Gasteiger partial charge in [0.15, 0.2) is 0 Å². The van der Waals surface area contributed by atoms with E-state index in [9.17, 15) is 9.18 Å². The van der Waals surface area contributed by atoms with E-state index in [2.05, 4.69) is 10.5 Å². The van der Waals surface area contributed by atoms with E-state index in [1.54, 1.807) is 6.92 Å². The lowest BCUT2D eigenvalue weighted by atomic mass is 10.2. The molecule has 2 N–H and O–H groups in total. The number of aldehydes is 1. The van der Waals surface area contributed by atoms with Crippen molar-refractivity contribution in [2.45, 2.75) is 33.0 Å². The Morgan fingerprint density at radius 1 is 1.40 bits per heavy atom. The predicted molar refractivity (Wildman–Crippen MR) is 59.7 cm³/mol. The number of nitrogens with two attached hydrogens (primary N) is 1. The molecule has 0 heterocycles. The van der Waals surface area contributed by atoms with Gasteiger partial charge in [-0.3, -0.25) is 0 Å². The molecule has 15 heavy (non-hydrogen) atoms. The molecule has 0 aliphatic heterocycles. The van der Waals surface area contributed by atoms with Gasteiger partial charge in [-0.25, -0.2) is 4.39 Å². The summed E-state index contributed by atoms with van der Waals surface area (Å²) in [5, 5.41) is 0. The van der Waals surface area contributed by atoms with E-state index in [-0.39, 0.29) is 13.2 Å². The molecule has 5 heteroatoms. The SMILES string of the molecule is CC.CN.COCC(F)C(C)OCC=O. The summed E-state index contributed by atoms with van der Waals surface area (Å²) in [5.41, 5.74) is 4.50. The van der Waals surface area contributed by atoms with Crippen LogP contribution in [0.1, 0.15) is 20.8 Å². The average molecular weight is 225 g/mol. The fraction of sp³-hybridized carbons (Fsp3) is 0.900. The third-order valence-electron chi connectivity index (χ3n) is 1.26. The molecule has 0 amide bonds. The number of hydrogen-bond acceptors (Lipinski definition) is 4. The van der Waals surface area contributed by atoms with E-state index in [4.69, 9.17) is 4.74 Å². The van der Waals surface area contributed by atoms with Crippen LogP contribution in [-0.4, -0.2) is 45.9 Å². The highest BCUT2D eigenvalue weighted by molar-refractivity contribution is 5.50. The number of methoxy groups -OCH3 is 1. The zero-order valence-corrected chi connectivity index (χ0v) is 10.3. The summed E-state index contributed by atoms with van der Waals surface area (Å²) in [6.45, 7) is 5.50. The Hall–Kier alpha value is -0.520. The maximum atomic E-state index is 12.8. The van der Waals surface area contributed by atoms with Gasteiger partial charge in [0, 0.05) is 7.11 Å². The normalized spacial score (nSPS) is 12.5. The van der Waals surface area contributed by atoms with Crippen LogP contribution in [-0.2, 0) is 14.3 Å². The highest BCUT2D eigenvalue weighted by Crippen LogP contribution is 2.02. The smallest absolute Gasteiger partial charge is 0.149 e. The van der Waals surface area contributed by atoms with Crippen LogP contribution in [0.3, 0.4) is 0 Å². The van der Waals surface area contributed by atoms with Crippen LogP contribution >= 0.6 is 0 Å². The largest absolute Gasteiger partial charge is 0.382 e. The average Bonchev–Trinajstić information content (AvgIpc) is 2.31. The van der Waals surface area contributed by atoms with Crippen molar-refractivity contribution in [1.82, 2.24) is 0 Å². The Kier molecular flexibility index (Phi) is 25.4. The van der Waals surface area contributed by atoms with Crippen molar-refractivity contribution in [2.75, 3.05) is 27.4 Å². The van der Waals surface area contributed by atoms with Crippen LogP contribution in [0.25, 0.3) is 0 Å². The molecule has 2 unspecified atom stereocenters. The van der Waals surface area contributed by atoms with E-state index in [1.165, 1.54) is 14.2 Å². The van der Waals surface area contributed by atoms with Crippen LogP contribution < -0.4 is 5.73 Å². The van der Waals surface area contributed by atoms with Gasteiger partial charge >= 0.3 is 0 Å². The standard InChI is InChI=1S/C7H13FO3.C2H6.CH5N/c1-6(11-4-3-9)7(8)5-10-2;2*1-2/h3,6-7H,4-5H2,1-2H3;1-2H3;2H2,1H3. The second-order valence-corrected chi connectivity index (χ2v) is 2.18. The van der Waals surface area contributed by atoms with Crippen LogP contribution in [0.2, 0.25) is 0 Å². The van der Waals surface area contributed by atoms with Crippen molar-refractivity contribution < 1.29 is 18.7 Å². The predicted octanol–water partition coefficient (Wildman–Crippen LogP) is 1.18. The topological polar surface area (TPSA) is 61.6 Å². The molecule has 0 bridgehead atoms. The molecule has 0 rings (SSSR count). The second-order valence-electron chi connectivity index (χ2n) is 2.18. The van der Waals surface area contributed by atoms with Gasteiger partial charge in [0.2, 0.25) is 0 Å². The second kappa shape index (κ2) is 19.1. The van der Waals surface area contributed by atoms with Crippen LogP contribution in [0.5, 0.6) is 0 Å². The molecule has 0 aromatic rings. The molecule has 0 saturated heterocycles. The minimum Gasteiger partial charge on any atom is -0.382 e. The first-order chi connectivity index (χ1) is 7.22. The summed E-state index contributed by atoms with van der Waals surface area (Å²) >= 11 is 0. The molecule has 4 nitrogen and oxygen atoms in total. The van der Waals surface area contributed by atoms with Gasteiger partial charge in [0.05, 0.1) is 12.7 Å². The monoisotopic (exact) mass is 225 g/mol. The summed E-state index contributed by atoms with van der Waals surface area (Å²) in [4.78, 5) is 9.81. The third-order valence-corrected chi connectivity index (χ3v) is 1.26. The maximum Gasteiger partial charge on any atom is 0.149 e. The number of ether oxygens (including phenoxy) is 2. The summed E-state index contributed by atoms with van der Waals surface area (Å²) in [6.07, 6.45) is -1.16. The summed E-state index contributed by atoms with van der Waals surface area (Å²) in [5.74, 6) is 0. The van der Waals surface area contributed by atoms with Gasteiger partial charge in [-0.15, -0.1) is 0 Å². The lowest BCUT2D eigenvalue weighted by molar-refractivity contribution is -0.115. The van der Waals surface area contributed by atoms with Crippen LogP contribution in [0.15, 0.2) is 0 Å². The van der Waals surface area contributed by atoms with Crippen molar-refractivity contribution in [3.05, 3.63) is 0 Å². The summed E-state index contributed by atoms with van der Waals surface area (Å²) in [7, 11) is 2.92. The highest BCUT2D eigenvalue weighted by Gasteiger charge is 2.15. The van der Waals surface area contributed by atoms with Crippen molar-refractivity contribution in [1.29, 1.82) is 0 Å². The fourth-order valence-electron chi connectivity index (χ4n) is 0.590. The van der Waals surface area contributed by atoms with Crippen molar-refractivity contribution in [3.8, 4) is 0 Å². The molecule has 0 aliphatic carbocycles. The Balaban J connectivity index is -0.000000318. The van der Waals surface area contributed by atoms with Gasteiger partial charge in [0.25, 0.3) is 0 Å². The first-order valence-electron chi connectivity index (χ1n) is 4.98. The quantitative estimate of drug-likeness (QED) is 0.689. The van der Waals surface area contributed by atoms with Gasteiger partial charge < -0.3 is 20.0 Å². The van der Waals surface area contributed by atoms with Crippen molar-refractivity contribution in [3.63, 3.8) is 0 Å². The summed E-state index contributed by atoms with van der Waals surface area (Å²) < 4.78 is 22.1. The Bertz CT molecular complexity index is 115. The van der Waals surface area contributed by atoms with E-state index in [0.29, 0.717) is 6.29 Å². The Morgan fingerprint density at radius 3 is 2.20 bits per heavy atom. The number of rotatable bonds is 6. The molecule has 0 fully saturated rings. The van der Waals surface area contributed by atoms with Crippen molar-refractivity contribution >= 4 is 6.29 Å². The lowest BCUT2D eigenvalue weighted by Crippen LogP contribution is -2.26. The minimum atomic E-state index is -1.17. The molecule has 0 spiro atoms. The lowest BCUT2D eigenvalue weighted by Gasteiger charge is -2.14. The molecular formula is C10H24FNO3. The zero-order chi connectivity index (χ0) is 12.7. The van der Waals surface area contributed by atoms with Gasteiger partial charge in [-0.2, -0.15) is 0 Å². The number of alkyl halides is 1. The van der Waals surface area contributed by atoms with E-state index in [1.807, 2.05) is 13.8 Å². The van der Waals surface area contributed by atoms with Crippen LogP contribution in [0.4, 0.5) is 4.39 Å². The Morgan fingerprint density at radius 2 is 1.87 bits per heavy atom. The molecule has 2 atom stereocenters. The highest BCUT2D eigenvalue weighted by atomic mass is 19.1. The third kappa shape index (κ3) is 16.2. The molecule has 0 aromatic heterocycles. The van der Waals surface area contributed by atoms with E-state index in [0.717, 1.165) is 0 Å². The van der Waals surface area contributed by atoms with E-state index >= 15 is 0 Å². The maximum absolute atomic E-state index is 12.8. The summed E-state index contributed by atoms with van der Waals surface area (Å²) in [6, 6.07) is 0. The first kappa shape index (κ1) is 20.0. The number of hydrogen-bond donors (Lipinski definition) is 1. The molecule has 0 radical (unpaired) electrons. The number of carbonyl (C=O) groups excluding carboxylic acids is 1. The van der Waals surface area contributed by atoms with Gasteiger partial charge in [0.1, 0.15) is 19.1 Å². The van der Waals surface area contributed by atoms with Crippen molar-refractivity contribution in [2.24, 2.45) is 5.73 Å². The fourth-order valence-corrected chi connectivity index (χ4v) is 0.590. The Labute approximate surface area is 91.9 Å².